The van der Waals surface area contributed by atoms with Crippen molar-refractivity contribution < 1.29 is 0 Å². The number of hydrogen-bond donors (Lipinski definition) is 1. The van der Waals surface area contributed by atoms with Gasteiger partial charge in [0.2, 0.25) is 0 Å². The molecule has 1 aliphatic rings. The predicted octanol–water partition coefficient (Wildman–Crippen LogP) is 8.72. The number of nitrogens with zero attached hydrogens (tertiary/aromatic N) is 1. The molecule has 2 aromatic heterocycles. The van der Waals surface area contributed by atoms with Crippen molar-refractivity contribution in [2.75, 3.05) is 0 Å². The summed E-state index contributed by atoms with van der Waals surface area (Å²) in [6, 6.07) is 37.9. The van der Waals surface area contributed by atoms with Gasteiger partial charge in [0, 0.05) is 43.7 Å². The molecule has 8 rings (SSSR count). The normalized spacial score (nSPS) is 14.2. The summed E-state index contributed by atoms with van der Waals surface area (Å²) in [5, 5.41) is 5.20. The zero-order valence-electron chi connectivity index (χ0n) is 19.8. The quantitative estimate of drug-likeness (QED) is 0.259. The van der Waals surface area contributed by atoms with Gasteiger partial charge < -0.3 is 9.55 Å². The van der Waals surface area contributed by atoms with Crippen LogP contribution in [0.4, 0.5) is 0 Å². The average molecular weight is 449 g/mol. The second-order valence-corrected chi connectivity index (χ2v) is 10.3. The highest BCUT2D eigenvalue weighted by molar-refractivity contribution is 6.28. The number of para-hydroxylation sites is 2. The van der Waals surface area contributed by atoms with Crippen molar-refractivity contribution in [1.82, 2.24) is 9.55 Å². The highest BCUT2D eigenvalue weighted by Gasteiger charge is 2.35. The van der Waals surface area contributed by atoms with Gasteiger partial charge in [-0.3, -0.25) is 0 Å². The summed E-state index contributed by atoms with van der Waals surface area (Å²) in [4.78, 5) is 3.63. The van der Waals surface area contributed by atoms with Crippen LogP contribution in [0.5, 0.6) is 0 Å². The Morgan fingerprint density at radius 3 is 2.23 bits per heavy atom. The molecule has 0 spiro atoms. The van der Waals surface area contributed by atoms with E-state index in [2.05, 4.69) is 127 Å². The predicted molar refractivity (Wildman–Crippen MR) is 148 cm³/mol. The Hall–Kier alpha value is -4.30. The number of hydrogen-bond acceptors (Lipinski definition) is 0. The molecule has 35 heavy (non-hydrogen) atoms. The Bertz CT molecular complexity index is 1980. The van der Waals surface area contributed by atoms with Crippen LogP contribution in [0, 0.1) is 0 Å². The molecule has 2 heterocycles. The van der Waals surface area contributed by atoms with Crippen molar-refractivity contribution in [3.63, 3.8) is 0 Å². The molecule has 0 bridgehead atoms. The van der Waals surface area contributed by atoms with Gasteiger partial charge in [-0.05, 0) is 58.7 Å². The smallest absolute Gasteiger partial charge is 0.0548 e. The number of rotatable bonds is 1. The van der Waals surface area contributed by atoms with Gasteiger partial charge in [0.25, 0.3) is 0 Å². The minimum Gasteiger partial charge on any atom is -0.354 e. The maximum atomic E-state index is 3.63. The molecule has 0 atom stereocenters. The van der Waals surface area contributed by atoms with Crippen molar-refractivity contribution >= 4 is 43.6 Å². The number of H-pyrrole nitrogens is 1. The Kier molecular flexibility index (Phi) is 3.50. The molecule has 0 unspecified atom stereocenters. The summed E-state index contributed by atoms with van der Waals surface area (Å²) in [6.45, 7) is 4.70. The van der Waals surface area contributed by atoms with E-state index in [4.69, 9.17) is 0 Å². The zero-order valence-corrected chi connectivity index (χ0v) is 19.8. The van der Waals surface area contributed by atoms with Gasteiger partial charge in [0.05, 0.1) is 11.0 Å². The molecule has 2 heteroatoms. The Balaban J connectivity index is 1.49. The van der Waals surface area contributed by atoms with Gasteiger partial charge in [-0.1, -0.05) is 80.6 Å². The molecule has 0 aliphatic heterocycles. The molecular weight excluding hydrogens is 424 g/mol. The van der Waals surface area contributed by atoms with E-state index in [1.54, 1.807) is 0 Å². The van der Waals surface area contributed by atoms with Crippen LogP contribution in [0.1, 0.15) is 25.0 Å². The molecule has 7 aromatic rings. The summed E-state index contributed by atoms with van der Waals surface area (Å²) >= 11 is 0. The second-order valence-electron chi connectivity index (χ2n) is 10.3. The number of aromatic amines is 1. The molecule has 0 saturated heterocycles. The number of benzene rings is 5. The van der Waals surface area contributed by atoms with Crippen molar-refractivity contribution in [1.29, 1.82) is 0 Å². The van der Waals surface area contributed by atoms with Crippen LogP contribution >= 0.6 is 0 Å². The van der Waals surface area contributed by atoms with E-state index < -0.39 is 0 Å². The Morgan fingerprint density at radius 1 is 0.571 bits per heavy atom. The third kappa shape index (κ3) is 2.34. The molecule has 0 saturated carbocycles. The van der Waals surface area contributed by atoms with E-state index in [-0.39, 0.29) is 5.41 Å². The van der Waals surface area contributed by atoms with Crippen LogP contribution in [0.25, 0.3) is 60.4 Å². The molecule has 5 aromatic carbocycles. The lowest BCUT2D eigenvalue weighted by Crippen LogP contribution is -2.15. The third-order valence-corrected chi connectivity index (χ3v) is 8.13. The summed E-state index contributed by atoms with van der Waals surface area (Å²) in [5.74, 6) is 0. The maximum absolute atomic E-state index is 3.63. The number of nitrogens with one attached hydrogen (secondary N) is 1. The van der Waals surface area contributed by atoms with Crippen LogP contribution in [0.3, 0.4) is 0 Å². The van der Waals surface area contributed by atoms with Crippen LogP contribution < -0.4 is 0 Å². The summed E-state index contributed by atoms with van der Waals surface area (Å²) in [6.07, 6.45) is 0. The van der Waals surface area contributed by atoms with Gasteiger partial charge >= 0.3 is 0 Å². The molecule has 0 radical (unpaired) electrons. The molecule has 166 valence electrons. The molecule has 2 nitrogen and oxygen atoms in total. The van der Waals surface area contributed by atoms with Gasteiger partial charge in [-0.25, -0.2) is 0 Å². The van der Waals surface area contributed by atoms with E-state index in [0.717, 1.165) is 0 Å². The van der Waals surface area contributed by atoms with Crippen molar-refractivity contribution in [3.8, 4) is 16.8 Å². The summed E-state index contributed by atoms with van der Waals surface area (Å²) in [5.41, 5.74) is 11.6. The molecule has 0 fully saturated rings. The average Bonchev–Trinajstić information content (AvgIpc) is 3.50. The fourth-order valence-electron chi connectivity index (χ4n) is 6.51. The summed E-state index contributed by atoms with van der Waals surface area (Å²) in [7, 11) is 0. The number of fused-ring (bicyclic) bond motifs is 10. The lowest BCUT2D eigenvalue weighted by Gasteiger charge is -2.22. The lowest BCUT2D eigenvalue weighted by atomic mass is 9.82. The number of aromatic nitrogens is 2. The monoisotopic (exact) mass is 448 g/mol. The minimum absolute atomic E-state index is 0.0230. The first-order chi connectivity index (χ1) is 17.1. The van der Waals surface area contributed by atoms with Gasteiger partial charge in [-0.2, -0.15) is 0 Å². The topological polar surface area (TPSA) is 20.7 Å². The molecule has 1 N–H and O–H groups in total. The minimum atomic E-state index is -0.0230. The first kappa shape index (κ1) is 19.1. The fourth-order valence-corrected chi connectivity index (χ4v) is 6.51. The standard InChI is InChI=1S/C33H24N2/c1-33(2)25-12-6-3-9-21(25)22-16-15-20(19-26(22)33)35-29-14-8-5-11-24(29)32-30(35)18-17-28-31(32)23-10-4-7-13-27(23)34-28/h3-19,34H,1-2H3. The Labute approximate surface area is 203 Å². The molecule has 1 aliphatic carbocycles. The second kappa shape index (κ2) is 6.43. The third-order valence-electron chi connectivity index (χ3n) is 8.13. The van der Waals surface area contributed by atoms with Crippen molar-refractivity contribution in [2.45, 2.75) is 19.3 Å². The van der Waals surface area contributed by atoms with Gasteiger partial charge in [-0.15, -0.1) is 0 Å². The van der Waals surface area contributed by atoms with Crippen LogP contribution in [-0.2, 0) is 5.41 Å². The zero-order chi connectivity index (χ0) is 23.3. The first-order valence-corrected chi connectivity index (χ1v) is 12.3. The van der Waals surface area contributed by atoms with Crippen LogP contribution in [0.15, 0.2) is 103 Å². The Morgan fingerprint density at radius 2 is 1.31 bits per heavy atom. The highest BCUT2D eigenvalue weighted by atomic mass is 15.0. The molecule has 0 amide bonds. The van der Waals surface area contributed by atoms with E-state index in [0.29, 0.717) is 0 Å². The highest BCUT2D eigenvalue weighted by Crippen LogP contribution is 2.49. The van der Waals surface area contributed by atoms with Crippen LogP contribution in [-0.4, -0.2) is 9.55 Å². The van der Waals surface area contributed by atoms with E-state index >= 15 is 0 Å². The van der Waals surface area contributed by atoms with Gasteiger partial charge in [0.1, 0.15) is 0 Å². The van der Waals surface area contributed by atoms with E-state index in [9.17, 15) is 0 Å². The summed E-state index contributed by atoms with van der Waals surface area (Å²) < 4.78 is 2.45. The maximum Gasteiger partial charge on any atom is 0.0548 e. The molecular formula is C33H24N2. The van der Waals surface area contributed by atoms with E-state index in [1.807, 2.05) is 0 Å². The first-order valence-electron chi connectivity index (χ1n) is 12.3. The van der Waals surface area contributed by atoms with E-state index in [1.165, 1.54) is 71.6 Å². The van der Waals surface area contributed by atoms with Gasteiger partial charge in [0.15, 0.2) is 0 Å². The SMILES string of the molecule is CC1(C)c2ccccc2-c2ccc(-n3c4ccccc4c4c5c(ccc43)[nH]c3ccccc35)cc21. The fraction of sp³-hybridized carbons (Fsp3) is 0.0909. The van der Waals surface area contributed by atoms with Crippen molar-refractivity contribution in [3.05, 3.63) is 114 Å². The largest absolute Gasteiger partial charge is 0.354 e. The lowest BCUT2D eigenvalue weighted by molar-refractivity contribution is 0.660. The van der Waals surface area contributed by atoms with Crippen LogP contribution in [0.2, 0.25) is 0 Å². The van der Waals surface area contributed by atoms with Crippen molar-refractivity contribution in [2.24, 2.45) is 0 Å².